The van der Waals surface area contributed by atoms with E-state index in [0.29, 0.717) is 10.6 Å². The van der Waals surface area contributed by atoms with Gasteiger partial charge >= 0.3 is 0 Å². The normalized spacial score (nSPS) is 20.6. The second-order valence-electron chi connectivity index (χ2n) is 12.7. The molecule has 0 nitrogen and oxygen atoms in total. The molecule has 4 rings (SSSR count). The van der Waals surface area contributed by atoms with Gasteiger partial charge < -0.3 is 0 Å². The van der Waals surface area contributed by atoms with Gasteiger partial charge in [0.1, 0.15) is 0 Å². The van der Waals surface area contributed by atoms with E-state index in [0.717, 1.165) is 0 Å². The van der Waals surface area contributed by atoms with Gasteiger partial charge in [0.25, 0.3) is 0 Å². The molecule has 0 aromatic heterocycles. The largest absolute Gasteiger partial charge is 0.0793 e. The number of rotatable bonds is 3. The second kappa shape index (κ2) is 8.31. The molecule has 1 atom stereocenters. The van der Waals surface area contributed by atoms with E-state index in [1.807, 2.05) is 0 Å². The molecule has 0 saturated heterocycles. The predicted octanol–water partition coefficient (Wildman–Crippen LogP) is 9.45. The zero-order chi connectivity index (χ0) is 23.3. The van der Waals surface area contributed by atoms with E-state index >= 15 is 0 Å². The minimum atomic E-state index is -0.525. The Balaban J connectivity index is 1.78. The molecule has 1 saturated carbocycles. The Labute approximate surface area is 199 Å². The standard InChI is InChI=1S/C31H43Si/c1-29(2,3)23-19-22(20-24(21-23)30(4,5)6)25-13-12-14-27-26(25)15-16-28(27)32(8)31(7)17-10-9-11-18-31/h12-16,19-21,28H,9-11,17-18H2,1-8H3. The molecular weight excluding hydrogens is 400 g/mol. The summed E-state index contributed by atoms with van der Waals surface area (Å²) in [6.07, 6.45) is 12.2. The lowest BCUT2D eigenvalue weighted by molar-refractivity contribution is 0.392. The van der Waals surface area contributed by atoms with Crippen molar-refractivity contribution in [1.29, 1.82) is 0 Å². The summed E-state index contributed by atoms with van der Waals surface area (Å²) in [7, 11) is -0.525. The number of benzene rings is 2. The van der Waals surface area contributed by atoms with Crippen LogP contribution in [0.4, 0.5) is 0 Å². The lowest BCUT2D eigenvalue weighted by Gasteiger charge is -2.41. The van der Waals surface area contributed by atoms with Crippen LogP contribution in [0.3, 0.4) is 0 Å². The summed E-state index contributed by atoms with van der Waals surface area (Å²) < 4.78 is 0. The highest BCUT2D eigenvalue weighted by Gasteiger charge is 2.40. The fourth-order valence-electron chi connectivity index (χ4n) is 5.72. The van der Waals surface area contributed by atoms with Gasteiger partial charge in [0, 0.05) is 0 Å². The van der Waals surface area contributed by atoms with Crippen LogP contribution in [0, 0.1) is 0 Å². The highest BCUT2D eigenvalue weighted by molar-refractivity contribution is 6.63. The minimum absolute atomic E-state index is 0.140. The summed E-state index contributed by atoms with van der Waals surface area (Å²) in [4.78, 5) is 0. The van der Waals surface area contributed by atoms with Crippen LogP contribution in [0.15, 0.2) is 42.5 Å². The average Bonchev–Trinajstić information content (AvgIpc) is 3.16. The number of hydrogen-bond donors (Lipinski definition) is 0. The first-order valence-corrected chi connectivity index (χ1v) is 14.8. The van der Waals surface area contributed by atoms with Gasteiger partial charge in [-0.25, -0.2) is 0 Å². The zero-order valence-corrected chi connectivity index (χ0v) is 22.7. The van der Waals surface area contributed by atoms with Gasteiger partial charge in [0.15, 0.2) is 0 Å². The van der Waals surface area contributed by atoms with Crippen molar-refractivity contribution in [1.82, 2.24) is 0 Å². The third kappa shape index (κ3) is 4.43. The molecule has 0 spiro atoms. The molecule has 1 radical (unpaired) electrons. The summed E-state index contributed by atoms with van der Waals surface area (Å²) in [5.74, 6) is 0. The number of allylic oxidation sites excluding steroid dienone is 1. The van der Waals surface area contributed by atoms with Crippen LogP contribution in [0.5, 0.6) is 0 Å². The van der Waals surface area contributed by atoms with Crippen LogP contribution >= 0.6 is 0 Å². The molecule has 0 amide bonds. The molecule has 2 aromatic carbocycles. The Kier molecular flexibility index (Phi) is 6.12. The highest BCUT2D eigenvalue weighted by atomic mass is 28.3. The summed E-state index contributed by atoms with van der Waals surface area (Å²) >= 11 is 0. The third-order valence-corrected chi connectivity index (χ3v) is 12.1. The number of fused-ring (bicyclic) bond motifs is 1. The van der Waals surface area contributed by atoms with Gasteiger partial charge in [-0.05, 0) is 54.8 Å². The van der Waals surface area contributed by atoms with Gasteiger partial charge in [-0.1, -0.05) is 136 Å². The monoisotopic (exact) mass is 443 g/mol. The van der Waals surface area contributed by atoms with Gasteiger partial charge in [-0.2, -0.15) is 0 Å². The van der Waals surface area contributed by atoms with Crippen LogP contribution in [0.1, 0.15) is 108 Å². The van der Waals surface area contributed by atoms with Crippen LogP contribution in [0.25, 0.3) is 17.2 Å². The van der Waals surface area contributed by atoms with Crippen molar-refractivity contribution in [2.24, 2.45) is 0 Å². The van der Waals surface area contributed by atoms with E-state index in [1.165, 1.54) is 59.9 Å². The van der Waals surface area contributed by atoms with Crippen LogP contribution in [-0.2, 0) is 10.8 Å². The molecule has 0 aliphatic heterocycles. The van der Waals surface area contributed by atoms with Crippen molar-refractivity contribution < 1.29 is 0 Å². The fourth-order valence-corrected chi connectivity index (χ4v) is 8.71. The summed E-state index contributed by atoms with van der Waals surface area (Å²) in [5.41, 5.74) is 9.67. The Bertz CT molecular complexity index is 973. The van der Waals surface area contributed by atoms with Crippen molar-refractivity contribution in [3.63, 3.8) is 0 Å². The first-order chi connectivity index (χ1) is 14.9. The molecule has 1 fully saturated rings. The lowest BCUT2D eigenvalue weighted by Crippen LogP contribution is -2.34. The summed E-state index contributed by atoms with van der Waals surface area (Å²) in [6.45, 7) is 19.2. The van der Waals surface area contributed by atoms with E-state index in [-0.39, 0.29) is 10.8 Å². The van der Waals surface area contributed by atoms with Gasteiger partial charge in [-0.3, -0.25) is 0 Å². The van der Waals surface area contributed by atoms with Crippen molar-refractivity contribution >= 4 is 14.9 Å². The maximum absolute atomic E-state index is 2.62. The van der Waals surface area contributed by atoms with Gasteiger partial charge in [-0.15, -0.1) is 0 Å². The molecule has 0 heterocycles. The molecule has 0 bridgehead atoms. The summed E-state index contributed by atoms with van der Waals surface area (Å²) in [5, 5.41) is 0.571. The Morgan fingerprint density at radius 3 is 2.00 bits per heavy atom. The quantitative estimate of drug-likeness (QED) is 0.414. The molecule has 1 unspecified atom stereocenters. The smallest absolute Gasteiger partial charge is 0.0643 e. The van der Waals surface area contributed by atoms with Crippen molar-refractivity contribution in [3.05, 3.63) is 64.7 Å². The molecule has 1 heteroatoms. The third-order valence-electron chi connectivity index (χ3n) is 8.28. The average molecular weight is 444 g/mol. The molecule has 32 heavy (non-hydrogen) atoms. The maximum atomic E-state index is 2.62. The SMILES string of the molecule is C[Si](C1C=Cc2c(-c3cc(C(C)(C)C)cc(C(C)(C)C)c3)cccc21)C1(C)CCCCC1. The number of hydrogen-bond acceptors (Lipinski definition) is 0. The first-order valence-electron chi connectivity index (χ1n) is 12.7. The van der Waals surface area contributed by atoms with E-state index in [4.69, 9.17) is 0 Å². The minimum Gasteiger partial charge on any atom is -0.0793 e. The summed E-state index contributed by atoms with van der Waals surface area (Å²) in [6, 6.07) is 14.4. The molecule has 2 aromatic rings. The van der Waals surface area contributed by atoms with Gasteiger partial charge in [0.2, 0.25) is 0 Å². The van der Waals surface area contributed by atoms with Crippen molar-refractivity contribution in [3.8, 4) is 11.1 Å². The van der Waals surface area contributed by atoms with E-state index in [9.17, 15) is 0 Å². The molecule has 0 N–H and O–H groups in total. The molecule has 2 aliphatic carbocycles. The van der Waals surface area contributed by atoms with Crippen LogP contribution in [-0.4, -0.2) is 8.80 Å². The molecular formula is C31H43Si. The van der Waals surface area contributed by atoms with Gasteiger partial charge in [0.05, 0.1) is 8.80 Å². The second-order valence-corrected chi connectivity index (χ2v) is 15.9. The molecule has 2 aliphatic rings. The van der Waals surface area contributed by atoms with E-state index in [1.54, 1.807) is 5.56 Å². The highest BCUT2D eigenvalue weighted by Crippen LogP contribution is 2.51. The topological polar surface area (TPSA) is 0 Å². The predicted molar refractivity (Wildman–Crippen MR) is 144 cm³/mol. The van der Waals surface area contributed by atoms with E-state index < -0.39 is 8.80 Å². The Hall–Kier alpha value is -1.60. The van der Waals surface area contributed by atoms with E-state index in [2.05, 4.69) is 104 Å². The maximum Gasteiger partial charge on any atom is 0.0643 e. The Morgan fingerprint density at radius 1 is 0.844 bits per heavy atom. The van der Waals surface area contributed by atoms with Crippen molar-refractivity contribution in [2.45, 2.75) is 109 Å². The van der Waals surface area contributed by atoms with Crippen molar-refractivity contribution in [2.75, 3.05) is 0 Å². The zero-order valence-electron chi connectivity index (χ0n) is 21.7. The van der Waals surface area contributed by atoms with Crippen LogP contribution in [0.2, 0.25) is 11.6 Å². The first kappa shape index (κ1) is 23.6. The Morgan fingerprint density at radius 2 is 1.44 bits per heavy atom. The fraction of sp³-hybridized carbons (Fsp3) is 0.548. The van der Waals surface area contributed by atoms with Crippen LogP contribution < -0.4 is 0 Å². The molecule has 171 valence electrons. The lowest BCUT2D eigenvalue weighted by atomic mass is 9.78.